The molecule has 0 N–H and O–H groups in total. The molecule has 0 aromatic rings. The van der Waals surface area contributed by atoms with Crippen molar-refractivity contribution in [3.05, 3.63) is 0 Å². The van der Waals surface area contributed by atoms with Gasteiger partial charge in [0.2, 0.25) is 0 Å². The van der Waals surface area contributed by atoms with Crippen LogP contribution in [-0.2, 0) is 52.4 Å². The van der Waals surface area contributed by atoms with Gasteiger partial charge in [-0.1, -0.05) is 0 Å². The summed E-state index contributed by atoms with van der Waals surface area (Å²) in [6, 6.07) is 0. The number of hydrogen-bond donors (Lipinski definition) is 0. The maximum Gasteiger partial charge on any atom is 0.380 e. The van der Waals surface area contributed by atoms with Gasteiger partial charge in [-0.3, -0.25) is 19.2 Å². The van der Waals surface area contributed by atoms with Crippen molar-refractivity contribution in [1.82, 2.24) is 0 Å². The van der Waals surface area contributed by atoms with E-state index in [0.717, 1.165) is 27.7 Å². The van der Waals surface area contributed by atoms with Crippen LogP contribution in [-0.4, -0.2) is 66.7 Å². The molecular weight excluding hydrogens is 368 g/mol. The van der Waals surface area contributed by atoms with Crippen molar-refractivity contribution < 1.29 is 52.4 Å². The molecule has 3 saturated heterocycles. The van der Waals surface area contributed by atoms with Crippen LogP contribution < -0.4 is 0 Å². The highest BCUT2D eigenvalue weighted by Crippen LogP contribution is 2.42. The van der Waals surface area contributed by atoms with Crippen LogP contribution >= 0.6 is 0 Å². The monoisotopic (exact) mass is 388 g/mol. The molecule has 3 heterocycles. The van der Waals surface area contributed by atoms with Gasteiger partial charge in [0.05, 0.1) is 6.42 Å². The zero-order chi connectivity index (χ0) is 20.4. The lowest BCUT2D eigenvalue weighted by molar-refractivity contribution is -0.351. The number of fused-ring (bicyclic) bond motifs is 3. The van der Waals surface area contributed by atoms with Crippen molar-refractivity contribution in [2.24, 2.45) is 0 Å². The quantitative estimate of drug-likeness (QED) is 0.425. The maximum absolute atomic E-state index is 12.2. The van der Waals surface area contributed by atoms with Gasteiger partial charge < -0.3 is 28.4 Å². The lowest BCUT2D eigenvalue weighted by Gasteiger charge is -2.51. The molecule has 5 atom stereocenters. The van der Waals surface area contributed by atoms with Gasteiger partial charge in [-0.2, -0.15) is 0 Å². The minimum atomic E-state index is -2.17. The van der Waals surface area contributed by atoms with Crippen LogP contribution in [0.3, 0.4) is 0 Å². The summed E-state index contributed by atoms with van der Waals surface area (Å²) in [7, 11) is 0. The maximum atomic E-state index is 12.2. The highest BCUT2D eigenvalue weighted by Gasteiger charge is 2.65. The Morgan fingerprint density at radius 2 is 1.74 bits per heavy atom. The fourth-order valence-electron chi connectivity index (χ4n) is 2.97. The van der Waals surface area contributed by atoms with E-state index in [0.29, 0.717) is 0 Å². The number of carbonyl (C=O) groups excluding carboxylic acids is 5. The molecule has 11 nitrogen and oxygen atoms in total. The third-order valence-electron chi connectivity index (χ3n) is 3.80. The molecule has 0 amide bonds. The van der Waals surface area contributed by atoms with Crippen molar-refractivity contribution in [1.29, 1.82) is 0 Å². The predicted molar refractivity (Wildman–Crippen MR) is 81.6 cm³/mol. The lowest BCUT2D eigenvalue weighted by atomic mass is 9.89. The van der Waals surface area contributed by atoms with Crippen LogP contribution in [0.1, 0.15) is 34.1 Å². The van der Waals surface area contributed by atoms with E-state index < -0.39 is 66.7 Å². The van der Waals surface area contributed by atoms with Crippen LogP contribution in [0.4, 0.5) is 0 Å². The first kappa shape index (κ1) is 20.6. The fraction of sp³-hybridized carbons (Fsp3) is 0.688. The van der Waals surface area contributed by atoms with Crippen molar-refractivity contribution >= 4 is 29.8 Å². The van der Waals surface area contributed by atoms with Crippen molar-refractivity contribution in [3.63, 3.8) is 0 Å². The summed E-state index contributed by atoms with van der Waals surface area (Å²) >= 11 is 0. The lowest BCUT2D eigenvalue weighted by Crippen LogP contribution is -2.71. The van der Waals surface area contributed by atoms with E-state index >= 15 is 0 Å². The number of ether oxygens (including phenoxy) is 6. The molecular formula is C16H20O11. The molecule has 3 rings (SSSR count). The first-order valence-electron chi connectivity index (χ1n) is 8.10. The average Bonchev–Trinajstić information content (AvgIpc) is 2.51. The Labute approximate surface area is 154 Å². The topological polar surface area (TPSA) is 141 Å². The van der Waals surface area contributed by atoms with Gasteiger partial charge in [-0.05, 0) is 0 Å². The molecule has 27 heavy (non-hydrogen) atoms. The summed E-state index contributed by atoms with van der Waals surface area (Å²) < 4.78 is 31.0. The Balaban J connectivity index is 2.36. The summed E-state index contributed by atoms with van der Waals surface area (Å²) in [5.41, 5.74) is 0. The molecule has 0 aromatic heterocycles. The number of esters is 5. The summed E-state index contributed by atoms with van der Waals surface area (Å²) in [4.78, 5) is 57.7. The van der Waals surface area contributed by atoms with Gasteiger partial charge in [-0.25, -0.2) is 4.79 Å². The highest BCUT2D eigenvalue weighted by atomic mass is 16.8. The van der Waals surface area contributed by atoms with Gasteiger partial charge in [0.1, 0.15) is 18.8 Å². The third-order valence-corrected chi connectivity index (χ3v) is 3.80. The van der Waals surface area contributed by atoms with Crippen LogP contribution in [0.5, 0.6) is 0 Å². The third kappa shape index (κ3) is 4.73. The Bertz CT molecular complexity index is 657. The van der Waals surface area contributed by atoms with E-state index in [1.165, 1.54) is 0 Å². The van der Waals surface area contributed by atoms with E-state index in [1.807, 2.05) is 0 Å². The van der Waals surface area contributed by atoms with Crippen LogP contribution in [0.15, 0.2) is 0 Å². The van der Waals surface area contributed by atoms with E-state index in [2.05, 4.69) is 0 Å². The van der Waals surface area contributed by atoms with Crippen molar-refractivity contribution in [3.8, 4) is 0 Å². The van der Waals surface area contributed by atoms with Crippen molar-refractivity contribution in [2.75, 3.05) is 6.61 Å². The first-order chi connectivity index (χ1) is 12.5. The van der Waals surface area contributed by atoms with Gasteiger partial charge in [-0.15, -0.1) is 0 Å². The Morgan fingerprint density at radius 1 is 1.07 bits per heavy atom. The normalized spacial score (nSPS) is 29.9. The van der Waals surface area contributed by atoms with Crippen LogP contribution in [0, 0.1) is 0 Å². The van der Waals surface area contributed by atoms with Gasteiger partial charge in [0, 0.05) is 27.7 Å². The second-order valence-corrected chi connectivity index (χ2v) is 6.10. The summed E-state index contributed by atoms with van der Waals surface area (Å²) in [6.45, 7) is 4.09. The standard InChI is InChI=1S/C16H20O11/c1-7(17)22-6-12(24-9(3)19)14-13-11(23-8(2)18)5-16(27-14,15(21)25-13)26-10(4)20/h11-14H,5-6H2,1-4H3/t11-,12-,13-,14-,16-/m1/s1. The second kappa shape index (κ2) is 7.91. The Hall–Kier alpha value is -2.69. The molecule has 3 aliphatic rings. The molecule has 2 bridgehead atoms. The van der Waals surface area contributed by atoms with Crippen LogP contribution in [0.25, 0.3) is 0 Å². The van der Waals surface area contributed by atoms with E-state index in [-0.39, 0.29) is 6.42 Å². The Kier molecular flexibility index (Phi) is 6.04. The molecule has 3 aliphatic heterocycles. The summed E-state index contributed by atoms with van der Waals surface area (Å²) in [5.74, 6) is -6.00. The van der Waals surface area contributed by atoms with E-state index in [9.17, 15) is 24.0 Å². The molecule has 0 radical (unpaired) electrons. The zero-order valence-electron chi connectivity index (χ0n) is 15.2. The predicted octanol–water partition coefficient (Wildman–Crippen LogP) is -0.613. The number of carbonyl (C=O) groups is 5. The molecule has 0 aliphatic carbocycles. The largest absolute Gasteiger partial charge is 0.462 e. The smallest absolute Gasteiger partial charge is 0.380 e. The van der Waals surface area contributed by atoms with Gasteiger partial charge in [0.25, 0.3) is 0 Å². The van der Waals surface area contributed by atoms with E-state index in [4.69, 9.17) is 28.4 Å². The van der Waals surface area contributed by atoms with E-state index in [1.54, 1.807) is 0 Å². The molecule has 0 unspecified atom stereocenters. The highest BCUT2D eigenvalue weighted by molar-refractivity contribution is 5.83. The Morgan fingerprint density at radius 3 is 2.26 bits per heavy atom. The summed E-state index contributed by atoms with van der Waals surface area (Å²) in [5, 5.41) is 0. The molecule has 3 fully saturated rings. The molecule has 0 saturated carbocycles. The summed E-state index contributed by atoms with van der Waals surface area (Å²) in [6.07, 6.45) is -4.86. The SMILES string of the molecule is CC(=O)OC[C@@H](OC(C)=O)[C@H]1O[C@]2(OC(C)=O)C[C@@H](OC(C)=O)[C@H]1OC2=O. The number of hydrogen-bond acceptors (Lipinski definition) is 11. The van der Waals surface area contributed by atoms with Gasteiger partial charge >= 0.3 is 35.6 Å². The second-order valence-electron chi connectivity index (χ2n) is 6.10. The molecule has 0 aromatic carbocycles. The number of rotatable bonds is 6. The van der Waals surface area contributed by atoms with Gasteiger partial charge in [0.15, 0.2) is 12.2 Å². The average molecular weight is 388 g/mol. The minimum absolute atomic E-state index is 0.285. The molecule has 150 valence electrons. The fourth-order valence-corrected chi connectivity index (χ4v) is 2.97. The zero-order valence-corrected chi connectivity index (χ0v) is 15.2. The minimum Gasteiger partial charge on any atom is -0.462 e. The van der Waals surface area contributed by atoms with Crippen molar-refractivity contribution in [2.45, 2.75) is 64.3 Å². The van der Waals surface area contributed by atoms with Crippen LogP contribution in [0.2, 0.25) is 0 Å². The molecule has 11 heteroatoms. The first-order valence-corrected chi connectivity index (χ1v) is 8.10. The molecule has 0 spiro atoms.